The maximum absolute atomic E-state index is 11.2. The first-order chi connectivity index (χ1) is 9.10. The molecule has 0 saturated heterocycles. The predicted octanol–water partition coefficient (Wildman–Crippen LogP) is 2.18. The highest BCUT2D eigenvalue weighted by molar-refractivity contribution is 8.00. The van der Waals surface area contributed by atoms with E-state index in [2.05, 4.69) is 16.9 Å². The van der Waals surface area contributed by atoms with Crippen LogP contribution in [-0.4, -0.2) is 29.5 Å². The first-order valence-electron chi connectivity index (χ1n) is 5.51. The second kappa shape index (κ2) is 7.38. The number of nitrogens with one attached hydrogen (secondary N) is 2. The van der Waals surface area contributed by atoms with Gasteiger partial charge in [-0.2, -0.15) is 0 Å². The van der Waals surface area contributed by atoms with Gasteiger partial charge in [-0.3, -0.25) is 4.79 Å². The molecule has 1 aromatic carbocycles. The van der Waals surface area contributed by atoms with Crippen molar-refractivity contribution in [1.82, 2.24) is 0 Å². The fourth-order valence-corrected chi connectivity index (χ4v) is 1.76. The SMILES string of the molecule is C=CC(=O)Nc1cccc(N=C(N)C(C=N)SC)c1. The van der Waals surface area contributed by atoms with Gasteiger partial charge in [0.2, 0.25) is 5.91 Å². The van der Waals surface area contributed by atoms with Gasteiger partial charge in [0.25, 0.3) is 0 Å². The number of hydrogen-bond acceptors (Lipinski definition) is 4. The molecule has 1 atom stereocenters. The average Bonchev–Trinajstić information content (AvgIpc) is 2.40. The molecule has 0 spiro atoms. The van der Waals surface area contributed by atoms with Crippen LogP contribution in [0.1, 0.15) is 0 Å². The van der Waals surface area contributed by atoms with E-state index in [1.165, 1.54) is 24.1 Å². The Hall–Kier alpha value is -2.08. The minimum absolute atomic E-state index is 0.244. The van der Waals surface area contributed by atoms with E-state index in [-0.39, 0.29) is 11.2 Å². The standard InChI is InChI=1S/C13H16N4OS/c1-3-12(18)16-9-5-4-6-10(7-9)17-13(15)11(8-14)19-2/h3-8,11,14H,1H2,2H3,(H2,15,17)(H,16,18). The zero-order chi connectivity index (χ0) is 14.3. The van der Waals surface area contributed by atoms with Crippen LogP contribution in [0.3, 0.4) is 0 Å². The molecular formula is C13H16N4OS. The minimum Gasteiger partial charge on any atom is -0.386 e. The van der Waals surface area contributed by atoms with Crippen LogP contribution in [0.5, 0.6) is 0 Å². The Bertz CT molecular complexity index is 513. The van der Waals surface area contributed by atoms with E-state index in [9.17, 15) is 4.79 Å². The lowest BCUT2D eigenvalue weighted by Crippen LogP contribution is -2.26. The Balaban J connectivity index is 2.93. The van der Waals surface area contributed by atoms with Crippen LogP contribution in [-0.2, 0) is 4.79 Å². The van der Waals surface area contributed by atoms with Crippen LogP contribution in [0.15, 0.2) is 41.9 Å². The zero-order valence-electron chi connectivity index (χ0n) is 10.6. The van der Waals surface area contributed by atoms with Crippen LogP contribution in [0.25, 0.3) is 0 Å². The van der Waals surface area contributed by atoms with Crippen LogP contribution >= 0.6 is 11.8 Å². The highest BCUT2D eigenvalue weighted by Crippen LogP contribution is 2.19. The monoisotopic (exact) mass is 276 g/mol. The molecule has 100 valence electrons. The summed E-state index contributed by atoms with van der Waals surface area (Å²) >= 11 is 1.43. The van der Waals surface area contributed by atoms with E-state index in [0.29, 0.717) is 17.2 Å². The van der Waals surface area contributed by atoms with E-state index in [0.717, 1.165) is 0 Å². The number of nitrogens with zero attached hydrogens (tertiary/aromatic N) is 1. The number of amidine groups is 1. The second-order valence-corrected chi connectivity index (χ2v) is 4.58. The molecule has 0 aliphatic rings. The van der Waals surface area contributed by atoms with Gasteiger partial charge < -0.3 is 16.5 Å². The number of rotatable bonds is 6. The molecule has 0 aliphatic carbocycles. The van der Waals surface area contributed by atoms with Gasteiger partial charge in [0.15, 0.2) is 0 Å². The molecule has 6 heteroatoms. The molecule has 1 amide bonds. The van der Waals surface area contributed by atoms with Crippen molar-refractivity contribution < 1.29 is 4.79 Å². The number of thioether (sulfide) groups is 1. The molecule has 0 saturated carbocycles. The Morgan fingerprint density at radius 3 is 2.95 bits per heavy atom. The number of carbonyl (C=O) groups is 1. The molecule has 5 nitrogen and oxygen atoms in total. The number of anilines is 1. The molecule has 0 radical (unpaired) electrons. The van der Waals surface area contributed by atoms with Crippen LogP contribution in [0.2, 0.25) is 0 Å². The molecular weight excluding hydrogens is 260 g/mol. The predicted molar refractivity (Wildman–Crippen MR) is 82.6 cm³/mol. The Kier molecular flexibility index (Phi) is 5.81. The highest BCUT2D eigenvalue weighted by Gasteiger charge is 2.08. The van der Waals surface area contributed by atoms with E-state index >= 15 is 0 Å². The van der Waals surface area contributed by atoms with Crippen molar-refractivity contribution >= 4 is 41.1 Å². The van der Waals surface area contributed by atoms with Gasteiger partial charge in [0, 0.05) is 11.9 Å². The van der Waals surface area contributed by atoms with Crippen LogP contribution in [0.4, 0.5) is 11.4 Å². The summed E-state index contributed by atoms with van der Waals surface area (Å²) in [7, 11) is 0. The second-order valence-electron chi connectivity index (χ2n) is 3.60. The number of nitrogens with two attached hydrogens (primary N) is 1. The van der Waals surface area contributed by atoms with E-state index in [1.54, 1.807) is 24.3 Å². The van der Waals surface area contributed by atoms with Crippen molar-refractivity contribution in [3.63, 3.8) is 0 Å². The lowest BCUT2D eigenvalue weighted by molar-refractivity contribution is -0.111. The first-order valence-corrected chi connectivity index (χ1v) is 6.80. The van der Waals surface area contributed by atoms with E-state index < -0.39 is 0 Å². The fourth-order valence-electron chi connectivity index (χ4n) is 1.33. The number of benzene rings is 1. The average molecular weight is 276 g/mol. The molecule has 19 heavy (non-hydrogen) atoms. The summed E-state index contributed by atoms with van der Waals surface area (Å²) in [6.45, 7) is 3.39. The van der Waals surface area contributed by atoms with Gasteiger partial charge in [-0.15, -0.1) is 11.8 Å². The van der Waals surface area contributed by atoms with Gasteiger partial charge in [-0.25, -0.2) is 4.99 Å². The maximum atomic E-state index is 11.2. The third-order valence-corrected chi connectivity index (χ3v) is 3.14. The lowest BCUT2D eigenvalue weighted by Gasteiger charge is -2.08. The minimum atomic E-state index is -0.282. The summed E-state index contributed by atoms with van der Waals surface area (Å²) in [6, 6.07) is 7.00. The third-order valence-electron chi connectivity index (χ3n) is 2.25. The van der Waals surface area contributed by atoms with Gasteiger partial charge in [-0.05, 0) is 30.5 Å². The van der Waals surface area contributed by atoms with Crippen molar-refractivity contribution in [3.8, 4) is 0 Å². The zero-order valence-corrected chi connectivity index (χ0v) is 11.4. The van der Waals surface area contributed by atoms with Crippen molar-refractivity contribution in [2.75, 3.05) is 11.6 Å². The molecule has 0 fully saturated rings. The van der Waals surface area contributed by atoms with E-state index in [1.807, 2.05) is 6.26 Å². The molecule has 0 heterocycles. The van der Waals surface area contributed by atoms with Crippen LogP contribution in [0, 0.1) is 5.41 Å². The summed E-state index contributed by atoms with van der Waals surface area (Å²) < 4.78 is 0. The molecule has 4 N–H and O–H groups in total. The number of amides is 1. The van der Waals surface area contributed by atoms with E-state index in [4.69, 9.17) is 11.1 Å². The fraction of sp³-hybridized carbons (Fsp3) is 0.154. The van der Waals surface area contributed by atoms with Gasteiger partial charge in [0.1, 0.15) is 5.84 Å². The van der Waals surface area contributed by atoms with Gasteiger partial charge in [-0.1, -0.05) is 12.6 Å². The highest BCUT2D eigenvalue weighted by atomic mass is 32.2. The summed E-state index contributed by atoms with van der Waals surface area (Å²) in [5, 5.41) is 9.64. The molecule has 0 aromatic heterocycles. The topological polar surface area (TPSA) is 91.3 Å². The summed E-state index contributed by atoms with van der Waals surface area (Å²) in [4.78, 5) is 15.4. The van der Waals surface area contributed by atoms with Crippen molar-refractivity contribution in [3.05, 3.63) is 36.9 Å². The molecule has 1 unspecified atom stereocenters. The maximum Gasteiger partial charge on any atom is 0.247 e. The first kappa shape index (κ1) is 15.0. The number of carbonyl (C=O) groups excluding carboxylic acids is 1. The summed E-state index contributed by atoms with van der Waals surface area (Å²) in [5.41, 5.74) is 7.07. The molecule has 1 rings (SSSR count). The molecule has 0 aliphatic heterocycles. The number of hydrogen-bond donors (Lipinski definition) is 3. The Morgan fingerprint density at radius 1 is 1.63 bits per heavy atom. The van der Waals surface area contributed by atoms with Crippen molar-refractivity contribution in [1.29, 1.82) is 5.41 Å². The largest absolute Gasteiger partial charge is 0.386 e. The van der Waals surface area contributed by atoms with Crippen molar-refractivity contribution in [2.24, 2.45) is 10.7 Å². The summed E-state index contributed by atoms with van der Waals surface area (Å²) in [5.74, 6) is 0.0743. The molecule has 0 bridgehead atoms. The smallest absolute Gasteiger partial charge is 0.247 e. The lowest BCUT2D eigenvalue weighted by atomic mass is 10.2. The van der Waals surface area contributed by atoms with Gasteiger partial charge in [0.05, 0.1) is 10.9 Å². The quantitative estimate of drug-likeness (QED) is 0.422. The normalized spacial score (nSPS) is 12.6. The third kappa shape index (κ3) is 4.59. The molecule has 1 aromatic rings. The Morgan fingerprint density at radius 2 is 2.37 bits per heavy atom. The summed E-state index contributed by atoms with van der Waals surface area (Å²) in [6.07, 6.45) is 4.30. The Labute approximate surface area is 116 Å². The van der Waals surface area contributed by atoms with Crippen LogP contribution < -0.4 is 11.1 Å². The number of aliphatic imine (C=N–C) groups is 1. The van der Waals surface area contributed by atoms with Crippen molar-refractivity contribution in [2.45, 2.75) is 5.25 Å². The van der Waals surface area contributed by atoms with Gasteiger partial charge >= 0.3 is 0 Å².